The van der Waals surface area contributed by atoms with E-state index in [0.717, 1.165) is 60.6 Å². The van der Waals surface area contributed by atoms with Crippen LogP contribution < -0.4 is 9.47 Å². The van der Waals surface area contributed by atoms with Gasteiger partial charge in [0.15, 0.2) is 11.6 Å². The predicted molar refractivity (Wildman–Crippen MR) is 160 cm³/mol. The van der Waals surface area contributed by atoms with E-state index in [2.05, 4.69) is 27.7 Å². The third-order valence-electron chi connectivity index (χ3n) is 8.39. The summed E-state index contributed by atoms with van der Waals surface area (Å²) in [7, 11) is 0. The summed E-state index contributed by atoms with van der Waals surface area (Å²) in [5, 5.41) is 0. The van der Waals surface area contributed by atoms with Crippen molar-refractivity contribution in [3.63, 3.8) is 0 Å². The molecule has 0 heterocycles. The standard InChI is InChI=1S/C35H51FO3/c1-6-7-8-12-28-13-15-29(16-14-28)35(37)39-33-19-17-30(23-27(33)5)31-18-20-34(32(36)24-31)38-22-21-26(4)11-9-10-25(2)3/h17-20,23-26,28-29H,6-16,21-22H2,1-5H3. The Morgan fingerprint density at radius 3 is 2.23 bits per heavy atom. The average Bonchev–Trinajstić information content (AvgIpc) is 2.91. The van der Waals surface area contributed by atoms with Crippen LogP contribution in [-0.2, 0) is 4.79 Å². The number of carbonyl (C=O) groups excluding carboxylic acids is 1. The van der Waals surface area contributed by atoms with E-state index >= 15 is 0 Å². The molecule has 1 aliphatic rings. The second-order valence-corrected chi connectivity index (χ2v) is 12.3. The minimum Gasteiger partial charge on any atom is -0.491 e. The Hall–Kier alpha value is -2.36. The number of carbonyl (C=O) groups is 1. The van der Waals surface area contributed by atoms with Crippen LogP contribution in [0.1, 0.15) is 110 Å². The maximum atomic E-state index is 14.8. The van der Waals surface area contributed by atoms with Gasteiger partial charge in [0.1, 0.15) is 5.75 Å². The van der Waals surface area contributed by atoms with E-state index in [1.165, 1.54) is 51.0 Å². The maximum absolute atomic E-state index is 14.8. The van der Waals surface area contributed by atoms with Gasteiger partial charge in [0.25, 0.3) is 0 Å². The van der Waals surface area contributed by atoms with Gasteiger partial charge in [0, 0.05) is 0 Å². The van der Waals surface area contributed by atoms with Gasteiger partial charge in [-0.15, -0.1) is 0 Å². The Labute approximate surface area is 236 Å². The molecule has 1 saturated carbocycles. The van der Waals surface area contributed by atoms with Crippen LogP contribution in [0.4, 0.5) is 4.39 Å². The van der Waals surface area contributed by atoms with Crippen molar-refractivity contribution in [3.05, 3.63) is 47.8 Å². The molecule has 39 heavy (non-hydrogen) atoms. The molecule has 0 bridgehead atoms. The van der Waals surface area contributed by atoms with Crippen molar-refractivity contribution in [1.29, 1.82) is 0 Å². The molecule has 0 aromatic heterocycles. The fourth-order valence-corrected chi connectivity index (χ4v) is 5.69. The number of ether oxygens (including phenoxy) is 2. The molecule has 216 valence electrons. The lowest BCUT2D eigenvalue weighted by molar-refractivity contribution is -0.140. The van der Waals surface area contributed by atoms with Crippen molar-refractivity contribution in [2.45, 2.75) is 112 Å². The second-order valence-electron chi connectivity index (χ2n) is 12.3. The number of unbranched alkanes of at least 4 members (excludes halogenated alkanes) is 2. The van der Waals surface area contributed by atoms with Crippen LogP contribution >= 0.6 is 0 Å². The van der Waals surface area contributed by atoms with Crippen LogP contribution in [0.2, 0.25) is 0 Å². The molecule has 1 atom stereocenters. The molecule has 1 fully saturated rings. The molecule has 2 aromatic carbocycles. The first-order chi connectivity index (χ1) is 18.8. The van der Waals surface area contributed by atoms with Crippen LogP contribution in [-0.4, -0.2) is 12.6 Å². The predicted octanol–water partition coefficient (Wildman–Crippen LogP) is 10.3. The minimum atomic E-state index is -0.349. The quantitative estimate of drug-likeness (QED) is 0.128. The van der Waals surface area contributed by atoms with Gasteiger partial charge in [0.05, 0.1) is 12.5 Å². The molecular weight excluding hydrogens is 487 g/mol. The number of esters is 1. The van der Waals surface area contributed by atoms with Gasteiger partial charge in [-0.25, -0.2) is 4.39 Å². The lowest BCUT2D eigenvalue weighted by Gasteiger charge is -2.27. The highest BCUT2D eigenvalue weighted by atomic mass is 19.1. The van der Waals surface area contributed by atoms with E-state index in [1.54, 1.807) is 6.07 Å². The summed E-state index contributed by atoms with van der Waals surface area (Å²) in [6.45, 7) is 11.5. The van der Waals surface area contributed by atoms with Crippen molar-refractivity contribution in [3.8, 4) is 22.6 Å². The molecule has 4 heteroatoms. The Morgan fingerprint density at radius 1 is 0.897 bits per heavy atom. The zero-order valence-corrected chi connectivity index (χ0v) is 25.1. The van der Waals surface area contributed by atoms with Crippen LogP contribution in [0.25, 0.3) is 11.1 Å². The third-order valence-corrected chi connectivity index (χ3v) is 8.39. The van der Waals surface area contributed by atoms with Crippen LogP contribution in [0.15, 0.2) is 36.4 Å². The summed E-state index contributed by atoms with van der Waals surface area (Å²) in [6.07, 6.45) is 13.9. The first-order valence-corrected chi connectivity index (χ1v) is 15.5. The summed E-state index contributed by atoms with van der Waals surface area (Å²) in [5.41, 5.74) is 2.55. The zero-order chi connectivity index (χ0) is 28.2. The van der Waals surface area contributed by atoms with Crippen molar-refractivity contribution in [2.75, 3.05) is 6.61 Å². The molecule has 3 rings (SSSR count). The summed E-state index contributed by atoms with van der Waals surface area (Å²) in [4.78, 5) is 12.8. The molecule has 1 aliphatic carbocycles. The lowest BCUT2D eigenvalue weighted by atomic mass is 9.80. The Bertz CT molecular complexity index is 1020. The van der Waals surface area contributed by atoms with Crippen molar-refractivity contribution in [2.24, 2.45) is 23.7 Å². The molecule has 3 nitrogen and oxygen atoms in total. The van der Waals surface area contributed by atoms with E-state index in [4.69, 9.17) is 9.47 Å². The fraction of sp³-hybridized carbons (Fsp3) is 0.629. The number of halogens is 1. The molecule has 0 radical (unpaired) electrons. The van der Waals surface area contributed by atoms with E-state index in [0.29, 0.717) is 24.0 Å². The molecular formula is C35H51FO3. The van der Waals surface area contributed by atoms with Crippen molar-refractivity contribution >= 4 is 5.97 Å². The number of rotatable bonds is 15. The normalized spacial score (nSPS) is 18.2. The highest BCUT2D eigenvalue weighted by Crippen LogP contribution is 2.34. The van der Waals surface area contributed by atoms with Gasteiger partial charge in [0.2, 0.25) is 0 Å². The monoisotopic (exact) mass is 538 g/mol. The first-order valence-electron chi connectivity index (χ1n) is 15.5. The Kier molecular flexibility index (Phi) is 12.8. The van der Waals surface area contributed by atoms with Crippen LogP contribution in [0.3, 0.4) is 0 Å². The largest absolute Gasteiger partial charge is 0.491 e. The third kappa shape index (κ3) is 10.3. The molecule has 0 spiro atoms. The second kappa shape index (κ2) is 16.0. The highest BCUT2D eigenvalue weighted by molar-refractivity contribution is 5.76. The van der Waals surface area contributed by atoms with Gasteiger partial charge >= 0.3 is 5.97 Å². The Morgan fingerprint density at radius 2 is 1.59 bits per heavy atom. The molecule has 0 amide bonds. The van der Waals surface area contributed by atoms with Gasteiger partial charge in [-0.1, -0.05) is 84.8 Å². The molecule has 0 N–H and O–H groups in total. The molecule has 0 aliphatic heterocycles. The van der Waals surface area contributed by atoms with Gasteiger partial charge < -0.3 is 9.47 Å². The van der Waals surface area contributed by atoms with Crippen molar-refractivity contribution < 1.29 is 18.7 Å². The molecule has 1 unspecified atom stereocenters. The fourth-order valence-electron chi connectivity index (χ4n) is 5.69. The highest BCUT2D eigenvalue weighted by Gasteiger charge is 2.27. The zero-order valence-electron chi connectivity index (χ0n) is 25.1. The smallest absolute Gasteiger partial charge is 0.314 e. The van der Waals surface area contributed by atoms with E-state index in [9.17, 15) is 9.18 Å². The number of hydrogen-bond donors (Lipinski definition) is 0. The van der Waals surface area contributed by atoms with E-state index in [1.807, 2.05) is 31.2 Å². The topological polar surface area (TPSA) is 35.5 Å². The summed E-state index contributed by atoms with van der Waals surface area (Å²) >= 11 is 0. The summed E-state index contributed by atoms with van der Waals surface area (Å²) < 4.78 is 26.4. The van der Waals surface area contributed by atoms with Gasteiger partial charge in [-0.3, -0.25) is 4.79 Å². The average molecular weight is 539 g/mol. The summed E-state index contributed by atoms with van der Waals surface area (Å²) in [5.74, 6) is 2.52. The maximum Gasteiger partial charge on any atom is 0.314 e. The molecule has 2 aromatic rings. The summed E-state index contributed by atoms with van der Waals surface area (Å²) in [6, 6.07) is 10.8. The number of aryl methyl sites for hydroxylation is 1. The van der Waals surface area contributed by atoms with Crippen LogP contribution in [0.5, 0.6) is 11.5 Å². The number of benzene rings is 2. The van der Waals surface area contributed by atoms with E-state index < -0.39 is 0 Å². The Balaban J connectivity index is 1.49. The van der Waals surface area contributed by atoms with Gasteiger partial charge in [-0.2, -0.15) is 0 Å². The number of hydrogen-bond acceptors (Lipinski definition) is 3. The molecule has 0 saturated heterocycles. The lowest BCUT2D eigenvalue weighted by Crippen LogP contribution is -2.26. The first kappa shape index (κ1) is 31.2. The van der Waals surface area contributed by atoms with Crippen molar-refractivity contribution in [1.82, 2.24) is 0 Å². The van der Waals surface area contributed by atoms with E-state index in [-0.39, 0.29) is 17.7 Å². The SMILES string of the molecule is CCCCCC1CCC(C(=O)Oc2ccc(-c3ccc(OCCC(C)CCCC(C)C)c(F)c3)cc2C)CC1. The minimum absolute atomic E-state index is 0.00355. The van der Waals surface area contributed by atoms with Gasteiger partial charge in [-0.05, 0) is 97.7 Å². The van der Waals surface area contributed by atoms with Crippen LogP contribution in [0, 0.1) is 36.4 Å².